The van der Waals surface area contributed by atoms with Crippen molar-refractivity contribution in [3.05, 3.63) is 21.3 Å². The molecule has 1 atom stereocenters. The monoisotopic (exact) mass is 303 g/mol. The van der Waals surface area contributed by atoms with Crippen molar-refractivity contribution in [2.24, 2.45) is 0 Å². The number of thiophene rings is 1. The lowest BCUT2D eigenvalue weighted by Gasteiger charge is -2.10. The first-order valence-corrected chi connectivity index (χ1v) is 7.68. The van der Waals surface area contributed by atoms with Gasteiger partial charge in [0.05, 0.1) is 21.9 Å². The Morgan fingerprint density at radius 3 is 3.16 bits per heavy atom. The maximum atomic E-state index is 11.7. The van der Waals surface area contributed by atoms with Crippen molar-refractivity contribution in [3.8, 4) is 0 Å². The van der Waals surface area contributed by atoms with Crippen molar-refractivity contribution in [1.29, 1.82) is 0 Å². The molecule has 6 heteroatoms. The van der Waals surface area contributed by atoms with Gasteiger partial charge >= 0.3 is 0 Å². The highest BCUT2D eigenvalue weighted by Crippen LogP contribution is 2.21. The van der Waals surface area contributed by atoms with Crippen molar-refractivity contribution in [1.82, 2.24) is 5.32 Å². The molecule has 2 heterocycles. The number of carbonyl (C=O) groups excluding carboxylic acids is 1. The maximum absolute atomic E-state index is 11.7. The molecule has 0 radical (unpaired) electrons. The summed E-state index contributed by atoms with van der Waals surface area (Å²) in [7, 11) is 0. The predicted octanol–water partition coefficient (Wildman–Crippen LogP) is 2.72. The summed E-state index contributed by atoms with van der Waals surface area (Å²) in [6.07, 6.45) is 3.30. The number of halogens is 1. The summed E-state index contributed by atoms with van der Waals surface area (Å²) in [5, 5.41) is 2.84. The van der Waals surface area contributed by atoms with Crippen LogP contribution in [0.2, 0.25) is 4.34 Å². The van der Waals surface area contributed by atoms with Gasteiger partial charge in [0.25, 0.3) is 5.91 Å². The Bertz CT molecular complexity index is 404. The van der Waals surface area contributed by atoms with Crippen LogP contribution in [0.25, 0.3) is 0 Å². The largest absolute Gasteiger partial charge is 0.379 e. The van der Waals surface area contributed by atoms with Crippen LogP contribution in [-0.2, 0) is 9.47 Å². The zero-order chi connectivity index (χ0) is 13.5. The minimum absolute atomic E-state index is 0.0731. The fourth-order valence-corrected chi connectivity index (χ4v) is 2.85. The molecule has 1 fully saturated rings. The molecule has 19 heavy (non-hydrogen) atoms. The van der Waals surface area contributed by atoms with E-state index in [9.17, 15) is 4.79 Å². The Kier molecular flexibility index (Phi) is 6.10. The second-order valence-corrected chi connectivity index (χ2v) is 6.14. The molecule has 0 unspecified atom stereocenters. The third kappa shape index (κ3) is 5.10. The second-order valence-electron chi connectivity index (χ2n) is 4.42. The number of rotatable bonds is 7. The van der Waals surface area contributed by atoms with E-state index in [1.807, 2.05) is 0 Å². The van der Waals surface area contributed by atoms with Crippen LogP contribution in [-0.4, -0.2) is 38.4 Å². The van der Waals surface area contributed by atoms with Crippen LogP contribution < -0.4 is 5.32 Å². The zero-order valence-electron chi connectivity index (χ0n) is 10.7. The van der Waals surface area contributed by atoms with Gasteiger partial charge in [-0.3, -0.25) is 4.79 Å². The van der Waals surface area contributed by atoms with E-state index >= 15 is 0 Å². The number of hydrogen-bond donors (Lipinski definition) is 1. The molecule has 1 aliphatic heterocycles. The highest BCUT2D eigenvalue weighted by atomic mass is 35.5. The zero-order valence-corrected chi connectivity index (χ0v) is 12.3. The lowest BCUT2D eigenvalue weighted by Crippen LogP contribution is -2.25. The van der Waals surface area contributed by atoms with Crippen molar-refractivity contribution in [2.45, 2.75) is 25.4 Å². The fourth-order valence-electron chi connectivity index (χ4n) is 1.89. The van der Waals surface area contributed by atoms with Crippen LogP contribution in [0.4, 0.5) is 0 Å². The molecule has 0 saturated carbocycles. The lowest BCUT2D eigenvalue weighted by atomic mass is 10.2. The molecular formula is C13H18ClNO3S. The molecule has 1 saturated heterocycles. The Labute approximate surface area is 122 Å². The van der Waals surface area contributed by atoms with Gasteiger partial charge in [0, 0.05) is 19.8 Å². The normalized spacial score (nSPS) is 18.7. The number of nitrogens with one attached hydrogen (secondary N) is 1. The summed E-state index contributed by atoms with van der Waals surface area (Å²) < 4.78 is 11.6. The van der Waals surface area contributed by atoms with Crippen molar-refractivity contribution >= 4 is 28.8 Å². The maximum Gasteiger partial charge on any atom is 0.261 e. The first-order chi connectivity index (χ1) is 9.25. The van der Waals surface area contributed by atoms with Crippen molar-refractivity contribution in [3.63, 3.8) is 0 Å². The summed E-state index contributed by atoms with van der Waals surface area (Å²) in [4.78, 5) is 12.3. The highest BCUT2D eigenvalue weighted by Gasteiger charge is 2.15. The van der Waals surface area contributed by atoms with Crippen LogP contribution in [0, 0.1) is 0 Å². The van der Waals surface area contributed by atoms with Crippen LogP contribution >= 0.6 is 22.9 Å². The molecule has 0 bridgehead atoms. The minimum atomic E-state index is -0.0731. The molecular weight excluding hydrogens is 286 g/mol. The smallest absolute Gasteiger partial charge is 0.261 e. The molecule has 2 rings (SSSR count). The third-order valence-corrected chi connectivity index (χ3v) is 4.11. The fraction of sp³-hybridized carbons (Fsp3) is 0.615. The van der Waals surface area contributed by atoms with Crippen molar-refractivity contribution in [2.75, 3.05) is 26.4 Å². The number of carbonyl (C=O) groups is 1. The van der Waals surface area contributed by atoms with Crippen LogP contribution in [0.1, 0.15) is 28.9 Å². The van der Waals surface area contributed by atoms with Gasteiger partial charge in [0.1, 0.15) is 0 Å². The molecule has 0 aliphatic carbocycles. The molecule has 1 amide bonds. The van der Waals surface area contributed by atoms with Gasteiger partial charge in [0.15, 0.2) is 0 Å². The number of amides is 1. The molecule has 1 aromatic rings. The molecule has 106 valence electrons. The first-order valence-electron chi connectivity index (χ1n) is 6.48. The number of hydrogen-bond acceptors (Lipinski definition) is 4. The van der Waals surface area contributed by atoms with Gasteiger partial charge in [-0.1, -0.05) is 11.6 Å². The number of ether oxygens (including phenoxy) is 2. The Balaban J connectivity index is 1.50. The third-order valence-electron chi connectivity index (χ3n) is 2.88. The van der Waals surface area contributed by atoms with Gasteiger partial charge < -0.3 is 14.8 Å². The van der Waals surface area contributed by atoms with Gasteiger partial charge in [-0.2, -0.15) is 0 Å². The van der Waals surface area contributed by atoms with E-state index in [-0.39, 0.29) is 12.0 Å². The summed E-state index contributed by atoms with van der Waals surface area (Å²) in [6.45, 7) is 2.77. The topological polar surface area (TPSA) is 47.6 Å². The Morgan fingerprint density at radius 2 is 2.47 bits per heavy atom. The average Bonchev–Trinajstić information content (AvgIpc) is 3.04. The first kappa shape index (κ1) is 14.8. The minimum Gasteiger partial charge on any atom is -0.379 e. The molecule has 1 aromatic heterocycles. The molecule has 1 aliphatic rings. The summed E-state index contributed by atoms with van der Waals surface area (Å²) in [5.41, 5.74) is 0. The van der Waals surface area contributed by atoms with E-state index in [0.29, 0.717) is 29.0 Å². The molecule has 4 nitrogen and oxygen atoms in total. The second kappa shape index (κ2) is 7.85. The summed E-state index contributed by atoms with van der Waals surface area (Å²) in [6, 6.07) is 3.46. The van der Waals surface area contributed by atoms with Crippen molar-refractivity contribution < 1.29 is 14.3 Å². The predicted molar refractivity (Wildman–Crippen MR) is 76.1 cm³/mol. The van der Waals surface area contributed by atoms with Gasteiger partial charge in [-0.25, -0.2) is 0 Å². The van der Waals surface area contributed by atoms with E-state index < -0.39 is 0 Å². The molecule has 1 N–H and O–H groups in total. The van der Waals surface area contributed by atoms with Crippen LogP contribution in [0.3, 0.4) is 0 Å². The molecule has 0 aromatic carbocycles. The van der Waals surface area contributed by atoms with E-state index in [0.717, 1.165) is 25.9 Å². The molecule has 0 spiro atoms. The standard InChI is InChI=1S/C13H18ClNO3S/c14-12-5-4-11(19-12)13(16)15-6-2-7-17-9-10-3-1-8-18-10/h4-5,10H,1-3,6-9H2,(H,15,16)/t10-/m1/s1. The summed E-state index contributed by atoms with van der Waals surface area (Å²) in [5.74, 6) is -0.0731. The van der Waals surface area contributed by atoms with E-state index in [2.05, 4.69) is 5.32 Å². The Morgan fingerprint density at radius 1 is 1.58 bits per heavy atom. The highest BCUT2D eigenvalue weighted by molar-refractivity contribution is 7.17. The summed E-state index contributed by atoms with van der Waals surface area (Å²) >= 11 is 7.06. The Hall–Kier alpha value is -0.620. The van der Waals surface area contributed by atoms with Gasteiger partial charge in [-0.05, 0) is 31.4 Å². The van der Waals surface area contributed by atoms with E-state index in [1.165, 1.54) is 11.3 Å². The van der Waals surface area contributed by atoms with E-state index in [4.69, 9.17) is 21.1 Å². The van der Waals surface area contributed by atoms with Crippen LogP contribution in [0.5, 0.6) is 0 Å². The van der Waals surface area contributed by atoms with Crippen LogP contribution in [0.15, 0.2) is 12.1 Å². The lowest BCUT2D eigenvalue weighted by molar-refractivity contribution is 0.0166. The quantitative estimate of drug-likeness (QED) is 0.788. The van der Waals surface area contributed by atoms with Gasteiger partial charge in [-0.15, -0.1) is 11.3 Å². The van der Waals surface area contributed by atoms with Gasteiger partial charge in [0.2, 0.25) is 0 Å². The van der Waals surface area contributed by atoms with E-state index in [1.54, 1.807) is 12.1 Å². The average molecular weight is 304 g/mol. The SMILES string of the molecule is O=C(NCCCOC[C@H]1CCCO1)c1ccc(Cl)s1.